The Morgan fingerprint density at radius 1 is 0.900 bits per heavy atom. The SMILES string of the molecule is C=C.C=C.OCC(O)CO. The molecule has 0 atom stereocenters. The molecule has 0 amide bonds. The van der Waals surface area contributed by atoms with Crippen molar-refractivity contribution in [2.75, 3.05) is 13.2 Å². The van der Waals surface area contributed by atoms with E-state index >= 15 is 0 Å². The fourth-order valence-electron chi connectivity index (χ4n) is 0.0577. The van der Waals surface area contributed by atoms with Gasteiger partial charge in [-0.05, 0) is 0 Å². The minimum atomic E-state index is -0.954. The normalized spacial score (nSPS) is 6.80. The summed E-state index contributed by atoms with van der Waals surface area (Å²) in [5.74, 6) is 0. The topological polar surface area (TPSA) is 60.7 Å². The molecule has 0 aromatic carbocycles. The molecule has 0 bridgehead atoms. The van der Waals surface area contributed by atoms with Crippen molar-refractivity contribution in [2.45, 2.75) is 6.10 Å². The molecular formula is C7H16O3. The van der Waals surface area contributed by atoms with Crippen molar-refractivity contribution in [1.82, 2.24) is 0 Å². The Morgan fingerprint density at radius 3 is 1.10 bits per heavy atom. The lowest BCUT2D eigenvalue weighted by atomic mass is 10.4. The van der Waals surface area contributed by atoms with E-state index in [1.54, 1.807) is 0 Å². The van der Waals surface area contributed by atoms with Gasteiger partial charge in [0.15, 0.2) is 0 Å². The molecule has 0 aliphatic carbocycles. The molecule has 0 aromatic rings. The van der Waals surface area contributed by atoms with Crippen LogP contribution in [0.4, 0.5) is 0 Å². The van der Waals surface area contributed by atoms with Crippen LogP contribution in [0.1, 0.15) is 0 Å². The summed E-state index contributed by atoms with van der Waals surface area (Å²) in [6.07, 6.45) is -0.954. The van der Waals surface area contributed by atoms with Crippen LogP contribution in [0, 0.1) is 0 Å². The van der Waals surface area contributed by atoms with Crippen LogP contribution in [-0.4, -0.2) is 34.6 Å². The number of aliphatic hydroxyl groups is 3. The van der Waals surface area contributed by atoms with E-state index in [1.807, 2.05) is 0 Å². The van der Waals surface area contributed by atoms with Crippen LogP contribution in [0.15, 0.2) is 26.3 Å². The van der Waals surface area contributed by atoms with Gasteiger partial charge in [0.2, 0.25) is 0 Å². The van der Waals surface area contributed by atoms with Gasteiger partial charge in [-0.15, -0.1) is 26.3 Å². The molecule has 3 N–H and O–H groups in total. The van der Waals surface area contributed by atoms with Crippen molar-refractivity contribution in [1.29, 1.82) is 0 Å². The quantitative estimate of drug-likeness (QED) is 0.481. The van der Waals surface area contributed by atoms with Gasteiger partial charge < -0.3 is 15.3 Å². The van der Waals surface area contributed by atoms with E-state index in [4.69, 9.17) is 15.3 Å². The zero-order valence-corrected chi connectivity index (χ0v) is 6.16. The Balaban J connectivity index is -0.000000105. The molecule has 0 aliphatic rings. The predicted octanol–water partition coefficient (Wildman–Crippen LogP) is -0.0637. The molecule has 0 radical (unpaired) electrons. The molecule has 0 saturated heterocycles. The molecule has 0 aromatic heterocycles. The summed E-state index contributed by atoms with van der Waals surface area (Å²) in [5, 5.41) is 24.0. The summed E-state index contributed by atoms with van der Waals surface area (Å²) in [6, 6.07) is 0. The van der Waals surface area contributed by atoms with Crippen molar-refractivity contribution < 1.29 is 15.3 Å². The van der Waals surface area contributed by atoms with Crippen molar-refractivity contribution >= 4 is 0 Å². The van der Waals surface area contributed by atoms with Crippen molar-refractivity contribution in [3.8, 4) is 0 Å². The Kier molecular flexibility index (Phi) is 38.5. The highest BCUT2D eigenvalue weighted by Crippen LogP contribution is 1.71. The van der Waals surface area contributed by atoms with Crippen LogP contribution in [0.2, 0.25) is 0 Å². The van der Waals surface area contributed by atoms with E-state index in [-0.39, 0.29) is 13.2 Å². The van der Waals surface area contributed by atoms with E-state index in [0.29, 0.717) is 0 Å². The van der Waals surface area contributed by atoms with Crippen molar-refractivity contribution in [3.63, 3.8) is 0 Å². The fourth-order valence-corrected chi connectivity index (χ4v) is 0.0577. The number of hydrogen-bond donors (Lipinski definition) is 3. The average Bonchev–Trinajstić information content (AvgIpc) is 2.10. The molecule has 62 valence electrons. The highest BCUT2D eigenvalue weighted by atomic mass is 16.3. The molecule has 3 nitrogen and oxygen atoms in total. The Hall–Kier alpha value is -0.640. The first-order valence-corrected chi connectivity index (χ1v) is 2.71. The van der Waals surface area contributed by atoms with E-state index in [0.717, 1.165) is 0 Å². The van der Waals surface area contributed by atoms with Crippen LogP contribution in [0.25, 0.3) is 0 Å². The fraction of sp³-hybridized carbons (Fsp3) is 0.429. The summed E-state index contributed by atoms with van der Waals surface area (Å²) in [5.41, 5.74) is 0. The van der Waals surface area contributed by atoms with Crippen molar-refractivity contribution in [2.24, 2.45) is 0 Å². The largest absolute Gasteiger partial charge is 0.394 e. The van der Waals surface area contributed by atoms with Gasteiger partial charge in [0.05, 0.1) is 13.2 Å². The Morgan fingerprint density at radius 2 is 1.10 bits per heavy atom. The summed E-state index contributed by atoms with van der Waals surface area (Å²) in [7, 11) is 0. The van der Waals surface area contributed by atoms with E-state index in [1.165, 1.54) is 0 Å². The summed E-state index contributed by atoms with van der Waals surface area (Å²) in [4.78, 5) is 0. The van der Waals surface area contributed by atoms with E-state index in [9.17, 15) is 0 Å². The summed E-state index contributed by atoms with van der Waals surface area (Å²) >= 11 is 0. The van der Waals surface area contributed by atoms with Gasteiger partial charge >= 0.3 is 0 Å². The van der Waals surface area contributed by atoms with Crippen LogP contribution < -0.4 is 0 Å². The third kappa shape index (κ3) is 26.4. The first kappa shape index (κ1) is 16.2. The minimum absolute atomic E-state index is 0.365. The van der Waals surface area contributed by atoms with Crippen LogP contribution in [0.5, 0.6) is 0 Å². The molecule has 0 spiro atoms. The van der Waals surface area contributed by atoms with Gasteiger partial charge in [0, 0.05) is 0 Å². The molecule has 0 fully saturated rings. The lowest BCUT2D eigenvalue weighted by molar-refractivity contribution is 0.0450. The maximum absolute atomic E-state index is 8.17. The van der Waals surface area contributed by atoms with E-state index in [2.05, 4.69) is 26.3 Å². The van der Waals surface area contributed by atoms with Crippen LogP contribution in [-0.2, 0) is 0 Å². The second-order valence-electron chi connectivity index (χ2n) is 1.02. The second kappa shape index (κ2) is 23.8. The molecule has 0 saturated carbocycles. The maximum atomic E-state index is 8.17. The van der Waals surface area contributed by atoms with Gasteiger partial charge in [-0.1, -0.05) is 0 Å². The number of hydrogen-bond acceptors (Lipinski definition) is 3. The van der Waals surface area contributed by atoms with Crippen LogP contribution in [0.3, 0.4) is 0 Å². The molecule has 10 heavy (non-hydrogen) atoms. The zero-order chi connectivity index (χ0) is 8.99. The molecule has 0 heterocycles. The van der Waals surface area contributed by atoms with Gasteiger partial charge in [-0.2, -0.15) is 0 Å². The first-order chi connectivity index (χ1) is 4.81. The van der Waals surface area contributed by atoms with Crippen LogP contribution >= 0.6 is 0 Å². The number of rotatable bonds is 2. The van der Waals surface area contributed by atoms with Gasteiger partial charge in [0.1, 0.15) is 6.10 Å². The average molecular weight is 148 g/mol. The summed E-state index contributed by atoms with van der Waals surface area (Å²) in [6.45, 7) is 11.3. The van der Waals surface area contributed by atoms with E-state index < -0.39 is 6.10 Å². The minimum Gasteiger partial charge on any atom is -0.394 e. The first-order valence-electron chi connectivity index (χ1n) is 2.71. The predicted molar refractivity (Wildman–Crippen MR) is 42.7 cm³/mol. The smallest absolute Gasteiger partial charge is 0.100 e. The third-order valence-corrected chi connectivity index (χ3v) is 0.421. The Labute approximate surface area is 61.9 Å². The van der Waals surface area contributed by atoms with Crippen molar-refractivity contribution in [3.05, 3.63) is 26.3 Å². The Bertz CT molecular complexity index is 42.1. The monoisotopic (exact) mass is 148 g/mol. The highest BCUT2D eigenvalue weighted by molar-refractivity contribution is 4.43. The summed E-state index contributed by atoms with van der Waals surface area (Å²) < 4.78 is 0. The third-order valence-electron chi connectivity index (χ3n) is 0.421. The second-order valence-corrected chi connectivity index (χ2v) is 1.02. The van der Waals surface area contributed by atoms with Gasteiger partial charge in [-0.25, -0.2) is 0 Å². The standard InChI is InChI=1S/C3H8O3.2C2H4/c4-1-3(6)2-5;2*1-2/h3-6H,1-2H2;2*1-2H2. The molecule has 3 heteroatoms. The molecular weight excluding hydrogens is 132 g/mol. The highest BCUT2D eigenvalue weighted by Gasteiger charge is 1.93. The van der Waals surface area contributed by atoms with Gasteiger partial charge in [0.25, 0.3) is 0 Å². The lowest BCUT2D eigenvalue weighted by Gasteiger charge is -1.96. The van der Waals surface area contributed by atoms with Gasteiger partial charge in [-0.3, -0.25) is 0 Å². The molecule has 0 rings (SSSR count). The number of aliphatic hydroxyl groups excluding tert-OH is 3. The molecule has 0 aliphatic heterocycles. The zero-order valence-electron chi connectivity index (χ0n) is 6.16. The molecule has 0 unspecified atom stereocenters. The maximum Gasteiger partial charge on any atom is 0.100 e. The lowest BCUT2D eigenvalue weighted by Crippen LogP contribution is -2.15.